The van der Waals surface area contributed by atoms with E-state index in [2.05, 4.69) is 4.90 Å². The first kappa shape index (κ1) is 17.5. The number of piperazine rings is 1. The zero-order valence-corrected chi connectivity index (χ0v) is 14.1. The summed E-state index contributed by atoms with van der Waals surface area (Å²) in [4.78, 5) is 16.1. The number of nitrogens with zero attached hydrogens (tertiary/aromatic N) is 2. The second kappa shape index (κ2) is 7.62. The maximum absolute atomic E-state index is 12.0. The standard InChI is InChI=1S/C16H30N2O4/c1-16(2,3)22-15(20)18-8-6-17(7-9-18)5-4-10-21-14-11-13(19)12-14/h13-14,19H,4-12H2,1-3H3/t13-,14+. The molecule has 6 nitrogen and oxygen atoms in total. The summed E-state index contributed by atoms with van der Waals surface area (Å²) in [5.41, 5.74) is -0.430. The Morgan fingerprint density at radius 2 is 1.82 bits per heavy atom. The number of hydrogen-bond donors (Lipinski definition) is 1. The maximum atomic E-state index is 12.0. The minimum atomic E-state index is -0.430. The summed E-state index contributed by atoms with van der Waals surface area (Å²) >= 11 is 0. The Kier molecular flexibility index (Phi) is 6.06. The zero-order chi connectivity index (χ0) is 16.2. The molecule has 2 aliphatic rings. The SMILES string of the molecule is CC(C)(C)OC(=O)N1CCN(CCCO[C@H]2C[C@@H](O)C2)CC1. The summed E-state index contributed by atoms with van der Waals surface area (Å²) in [6, 6.07) is 0. The molecule has 0 aromatic heterocycles. The molecule has 1 saturated heterocycles. The number of aliphatic hydroxyl groups excluding tert-OH is 1. The van der Waals surface area contributed by atoms with Gasteiger partial charge in [0.2, 0.25) is 0 Å². The van der Waals surface area contributed by atoms with Crippen LogP contribution < -0.4 is 0 Å². The highest BCUT2D eigenvalue weighted by Crippen LogP contribution is 2.22. The van der Waals surface area contributed by atoms with Crippen molar-refractivity contribution >= 4 is 6.09 Å². The van der Waals surface area contributed by atoms with E-state index < -0.39 is 5.60 Å². The molecule has 0 radical (unpaired) electrons. The molecule has 0 spiro atoms. The van der Waals surface area contributed by atoms with Crippen molar-refractivity contribution in [1.29, 1.82) is 0 Å². The first-order chi connectivity index (χ1) is 10.3. The number of carbonyl (C=O) groups is 1. The average Bonchev–Trinajstić information content (AvgIpc) is 2.40. The number of ether oxygens (including phenoxy) is 2. The van der Waals surface area contributed by atoms with Gasteiger partial charge in [0.15, 0.2) is 0 Å². The summed E-state index contributed by atoms with van der Waals surface area (Å²) in [6.07, 6.45) is 2.48. The minimum absolute atomic E-state index is 0.147. The molecule has 1 N–H and O–H groups in total. The van der Waals surface area contributed by atoms with Gasteiger partial charge in [0.25, 0.3) is 0 Å². The number of aliphatic hydroxyl groups is 1. The van der Waals surface area contributed by atoms with Crippen molar-refractivity contribution in [2.75, 3.05) is 39.3 Å². The second-order valence-electron chi connectivity index (χ2n) is 7.28. The third kappa shape index (κ3) is 5.74. The van der Waals surface area contributed by atoms with Crippen molar-refractivity contribution in [1.82, 2.24) is 9.80 Å². The van der Waals surface area contributed by atoms with Gasteiger partial charge in [0.1, 0.15) is 5.60 Å². The van der Waals surface area contributed by atoms with Gasteiger partial charge in [0, 0.05) is 39.3 Å². The Morgan fingerprint density at radius 1 is 1.18 bits per heavy atom. The van der Waals surface area contributed by atoms with Crippen molar-refractivity contribution in [3.05, 3.63) is 0 Å². The van der Waals surface area contributed by atoms with Crippen molar-refractivity contribution in [2.24, 2.45) is 0 Å². The molecule has 6 heteroatoms. The first-order valence-electron chi connectivity index (χ1n) is 8.33. The van der Waals surface area contributed by atoms with Crippen LogP contribution in [0.25, 0.3) is 0 Å². The first-order valence-corrected chi connectivity index (χ1v) is 8.33. The Labute approximate surface area is 133 Å². The van der Waals surface area contributed by atoms with Gasteiger partial charge >= 0.3 is 6.09 Å². The number of amides is 1. The van der Waals surface area contributed by atoms with Crippen LogP contribution in [-0.4, -0.2) is 78.1 Å². The molecule has 0 bridgehead atoms. The largest absolute Gasteiger partial charge is 0.444 e. The fourth-order valence-electron chi connectivity index (χ4n) is 2.69. The molecular weight excluding hydrogens is 284 g/mol. The van der Waals surface area contributed by atoms with E-state index in [1.165, 1.54) is 0 Å². The lowest BCUT2D eigenvalue weighted by molar-refractivity contribution is -0.0725. The quantitative estimate of drug-likeness (QED) is 0.779. The third-order valence-corrected chi connectivity index (χ3v) is 4.07. The summed E-state index contributed by atoms with van der Waals surface area (Å²) in [5, 5.41) is 9.19. The van der Waals surface area contributed by atoms with Gasteiger partial charge in [-0.3, -0.25) is 4.90 Å². The van der Waals surface area contributed by atoms with Gasteiger partial charge < -0.3 is 19.5 Å². The number of carbonyl (C=O) groups excluding carboxylic acids is 1. The van der Waals surface area contributed by atoms with Gasteiger partial charge in [-0.15, -0.1) is 0 Å². The molecule has 1 aliphatic carbocycles. The highest BCUT2D eigenvalue weighted by Gasteiger charge is 2.28. The molecule has 128 valence electrons. The predicted molar refractivity (Wildman–Crippen MR) is 83.8 cm³/mol. The van der Waals surface area contributed by atoms with Crippen LogP contribution in [0.5, 0.6) is 0 Å². The molecule has 1 amide bonds. The van der Waals surface area contributed by atoms with E-state index in [1.54, 1.807) is 4.90 Å². The monoisotopic (exact) mass is 314 g/mol. The smallest absolute Gasteiger partial charge is 0.410 e. The molecule has 0 aromatic rings. The van der Waals surface area contributed by atoms with Gasteiger partial charge in [0.05, 0.1) is 12.2 Å². The van der Waals surface area contributed by atoms with Crippen molar-refractivity contribution in [3.63, 3.8) is 0 Å². The van der Waals surface area contributed by atoms with Crippen LogP contribution in [0.3, 0.4) is 0 Å². The van der Waals surface area contributed by atoms with Crippen LogP contribution in [0.15, 0.2) is 0 Å². The van der Waals surface area contributed by atoms with E-state index in [4.69, 9.17) is 9.47 Å². The van der Waals surface area contributed by atoms with E-state index >= 15 is 0 Å². The summed E-state index contributed by atoms with van der Waals surface area (Å²) in [6.45, 7) is 10.7. The van der Waals surface area contributed by atoms with E-state index in [-0.39, 0.29) is 18.3 Å². The van der Waals surface area contributed by atoms with E-state index in [0.717, 1.165) is 58.6 Å². The van der Waals surface area contributed by atoms with Crippen LogP contribution >= 0.6 is 0 Å². The minimum Gasteiger partial charge on any atom is -0.444 e. The lowest BCUT2D eigenvalue weighted by Gasteiger charge is -2.36. The van der Waals surface area contributed by atoms with Crippen LogP contribution in [0, 0.1) is 0 Å². The average molecular weight is 314 g/mol. The molecule has 0 atom stereocenters. The Bertz CT molecular complexity index is 356. The Hall–Kier alpha value is -0.850. The third-order valence-electron chi connectivity index (χ3n) is 4.07. The lowest BCUT2D eigenvalue weighted by Crippen LogP contribution is -2.50. The lowest BCUT2D eigenvalue weighted by atomic mass is 9.92. The fraction of sp³-hybridized carbons (Fsp3) is 0.938. The number of rotatable bonds is 5. The van der Waals surface area contributed by atoms with E-state index in [0.29, 0.717) is 0 Å². The molecule has 22 heavy (non-hydrogen) atoms. The Balaban J connectivity index is 1.54. The zero-order valence-electron chi connectivity index (χ0n) is 14.1. The summed E-state index contributed by atoms with van der Waals surface area (Å²) in [5.74, 6) is 0. The van der Waals surface area contributed by atoms with Gasteiger partial charge in [-0.05, 0) is 40.0 Å². The van der Waals surface area contributed by atoms with Crippen molar-refractivity contribution in [2.45, 2.75) is 57.8 Å². The maximum Gasteiger partial charge on any atom is 0.410 e. The fourth-order valence-corrected chi connectivity index (χ4v) is 2.69. The normalized spacial score (nSPS) is 26.6. The second-order valence-corrected chi connectivity index (χ2v) is 7.28. The summed E-state index contributed by atoms with van der Waals surface area (Å²) in [7, 11) is 0. The predicted octanol–water partition coefficient (Wildman–Crippen LogP) is 1.47. The van der Waals surface area contributed by atoms with Gasteiger partial charge in [-0.2, -0.15) is 0 Å². The van der Waals surface area contributed by atoms with E-state index in [9.17, 15) is 9.90 Å². The molecular formula is C16H30N2O4. The van der Waals surface area contributed by atoms with Crippen LogP contribution in [0.2, 0.25) is 0 Å². The number of hydrogen-bond acceptors (Lipinski definition) is 5. The molecule has 0 aromatic carbocycles. The molecule has 1 aliphatic heterocycles. The van der Waals surface area contributed by atoms with Crippen LogP contribution in [-0.2, 0) is 9.47 Å². The van der Waals surface area contributed by atoms with Crippen molar-refractivity contribution < 1.29 is 19.4 Å². The summed E-state index contributed by atoms with van der Waals surface area (Å²) < 4.78 is 11.1. The van der Waals surface area contributed by atoms with Crippen LogP contribution in [0.4, 0.5) is 4.79 Å². The topological polar surface area (TPSA) is 62.2 Å². The van der Waals surface area contributed by atoms with Crippen molar-refractivity contribution in [3.8, 4) is 0 Å². The van der Waals surface area contributed by atoms with Crippen LogP contribution in [0.1, 0.15) is 40.0 Å². The Morgan fingerprint density at radius 3 is 2.36 bits per heavy atom. The van der Waals surface area contributed by atoms with Gasteiger partial charge in [-0.1, -0.05) is 0 Å². The molecule has 2 rings (SSSR count). The highest BCUT2D eigenvalue weighted by molar-refractivity contribution is 5.68. The highest BCUT2D eigenvalue weighted by atomic mass is 16.6. The molecule has 1 heterocycles. The van der Waals surface area contributed by atoms with Gasteiger partial charge in [-0.25, -0.2) is 4.79 Å². The molecule has 1 saturated carbocycles. The molecule has 2 fully saturated rings. The van der Waals surface area contributed by atoms with E-state index in [1.807, 2.05) is 20.8 Å². The molecule has 0 unspecified atom stereocenters.